The van der Waals surface area contributed by atoms with E-state index in [9.17, 15) is 14.9 Å². The standard InChI is InChI=1S/C14H21N3O4/c1-4-7-15-12-8-11(5-6-13(12)17(19)20)14(18)16-10(2)9-21-3/h5-6,8,10,15H,4,7,9H2,1-3H3,(H,16,18). The van der Waals surface area contributed by atoms with Crippen molar-refractivity contribution < 1.29 is 14.5 Å². The predicted molar refractivity (Wildman–Crippen MR) is 80.7 cm³/mol. The summed E-state index contributed by atoms with van der Waals surface area (Å²) in [7, 11) is 1.56. The van der Waals surface area contributed by atoms with Gasteiger partial charge in [-0.3, -0.25) is 14.9 Å². The number of hydrogen-bond donors (Lipinski definition) is 2. The molecule has 7 nitrogen and oxygen atoms in total. The highest BCUT2D eigenvalue weighted by molar-refractivity contribution is 5.96. The fourth-order valence-electron chi connectivity index (χ4n) is 1.84. The number of ether oxygens (including phenoxy) is 1. The minimum atomic E-state index is -0.465. The molecule has 0 aromatic heterocycles. The molecule has 1 amide bonds. The van der Waals surface area contributed by atoms with Crippen LogP contribution in [-0.2, 0) is 4.74 Å². The molecule has 116 valence electrons. The molecular weight excluding hydrogens is 274 g/mol. The third-order valence-corrected chi connectivity index (χ3v) is 2.82. The highest BCUT2D eigenvalue weighted by Crippen LogP contribution is 2.25. The van der Waals surface area contributed by atoms with Gasteiger partial charge in [-0.2, -0.15) is 0 Å². The molecule has 0 radical (unpaired) electrons. The number of benzene rings is 1. The van der Waals surface area contributed by atoms with Gasteiger partial charge in [0.2, 0.25) is 0 Å². The van der Waals surface area contributed by atoms with Crippen molar-refractivity contribution >= 4 is 17.3 Å². The van der Waals surface area contributed by atoms with Gasteiger partial charge in [0.25, 0.3) is 11.6 Å². The van der Waals surface area contributed by atoms with Crippen LogP contribution in [0.2, 0.25) is 0 Å². The van der Waals surface area contributed by atoms with E-state index < -0.39 is 4.92 Å². The Kier molecular flexibility index (Phi) is 6.61. The first-order valence-corrected chi connectivity index (χ1v) is 6.81. The topological polar surface area (TPSA) is 93.5 Å². The molecular formula is C14H21N3O4. The van der Waals surface area contributed by atoms with Crippen molar-refractivity contribution in [3.05, 3.63) is 33.9 Å². The Morgan fingerprint density at radius 3 is 2.76 bits per heavy atom. The third kappa shape index (κ3) is 5.03. The monoisotopic (exact) mass is 295 g/mol. The number of hydrogen-bond acceptors (Lipinski definition) is 5. The second-order valence-corrected chi connectivity index (χ2v) is 4.75. The quantitative estimate of drug-likeness (QED) is 0.566. The van der Waals surface area contributed by atoms with Crippen LogP contribution in [0.15, 0.2) is 18.2 Å². The molecule has 0 fully saturated rings. The molecule has 21 heavy (non-hydrogen) atoms. The van der Waals surface area contributed by atoms with Gasteiger partial charge in [-0.15, -0.1) is 0 Å². The van der Waals surface area contributed by atoms with Crippen LogP contribution in [0.25, 0.3) is 0 Å². The molecule has 0 aliphatic carbocycles. The summed E-state index contributed by atoms with van der Waals surface area (Å²) in [6.45, 7) is 4.79. The van der Waals surface area contributed by atoms with E-state index in [1.807, 2.05) is 13.8 Å². The average molecular weight is 295 g/mol. The third-order valence-electron chi connectivity index (χ3n) is 2.82. The second-order valence-electron chi connectivity index (χ2n) is 4.75. The maximum absolute atomic E-state index is 12.1. The van der Waals surface area contributed by atoms with Crippen LogP contribution in [0, 0.1) is 10.1 Å². The first kappa shape index (κ1) is 16.9. The van der Waals surface area contributed by atoms with Crippen molar-refractivity contribution in [3.8, 4) is 0 Å². The zero-order valence-electron chi connectivity index (χ0n) is 12.5. The van der Waals surface area contributed by atoms with Gasteiger partial charge < -0.3 is 15.4 Å². The Morgan fingerprint density at radius 2 is 2.19 bits per heavy atom. The second kappa shape index (κ2) is 8.21. The van der Waals surface area contributed by atoms with Crippen LogP contribution < -0.4 is 10.6 Å². The van der Waals surface area contributed by atoms with Gasteiger partial charge in [-0.05, 0) is 25.5 Å². The fraction of sp³-hybridized carbons (Fsp3) is 0.500. The maximum atomic E-state index is 12.1. The number of nitrogens with zero attached hydrogens (tertiary/aromatic N) is 1. The summed E-state index contributed by atoms with van der Waals surface area (Å²) in [5.74, 6) is -0.283. The smallest absolute Gasteiger partial charge is 0.292 e. The lowest BCUT2D eigenvalue weighted by molar-refractivity contribution is -0.384. The summed E-state index contributed by atoms with van der Waals surface area (Å²) in [4.78, 5) is 22.6. The van der Waals surface area contributed by atoms with E-state index in [1.54, 1.807) is 7.11 Å². The van der Waals surface area contributed by atoms with Crippen LogP contribution in [0.1, 0.15) is 30.6 Å². The molecule has 1 unspecified atom stereocenters. The van der Waals surface area contributed by atoms with Gasteiger partial charge >= 0.3 is 0 Å². The highest BCUT2D eigenvalue weighted by Gasteiger charge is 2.17. The first-order valence-electron chi connectivity index (χ1n) is 6.81. The van der Waals surface area contributed by atoms with E-state index in [0.29, 0.717) is 24.4 Å². The van der Waals surface area contributed by atoms with Crippen LogP contribution in [0.4, 0.5) is 11.4 Å². The molecule has 7 heteroatoms. The lowest BCUT2D eigenvalue weighted by Gasteiger charge is -2.13. The van der Waals surface area contributed by atoms with Gasteiger partial charge in [0, 0.05) is 31.3 Å². The number of methoxy groups -OCH3 is 1. The van der Waals surface area contributed by atoms with Crippen LogP contribution in [0.3, 0.4) is 0 Å². The molecule has 0 saturated carbocycles. The number of carbonyl (C=O) groups is 1. The molecule has 0 aliphatic heterocycles. The van der Waals surface area contributed by atoms with Crippen molar-refractivity contribution in [3.63, 3.8) is 0 Å². The van der Waals surface area contributed by atoms with E-state index in [2.05, 4.69) is 10.6 Å². The summed E-state index contributed by atoms with van der Waals surface area (Å²) in [5, 5.41) is 16.7. The Bertz CT molecular complexity index is 505. The Morgan fingerprint density at radius 1 is 1.48 bits per heavy atom. The molecule has 0 saturated heterocycles. The Balaban J connectivity index is 2.93. The van der Waals surface area contributed by atoms with Crippen molar-refractivity contribution in [2.24, 2.45) is 0 Å². The van der Waals surface area contributed by atoms with E-state index in [1.165, 1.54) is 18.2 Å². The summed E-state index contributed by atoms with van der Waals surface area (Å²) in [6.07, 6.45) is 0.832. The predicted octanol–water partition coefficient (Wildman–Crippen LogP) is 2.18. The maximum Gasteiger partial charge on any atom is 0.292 e. The molecule has 0 spiro atoms. The molecule has 1 aromatic rings. The average Bonchev–Trinajstić information content (AvgIpc) is 2.44. The summed E-state index contributed by atoms with van der Waals surface area (Å²) < 4.78 is 4.95. The largest absolute Gasteiger partial charge is 0.383 e. The molecule has 0 bridgehead atoms. The first-order chi connectivity index (χ1) is 9.99. The number of nitrogens with one attached hydrogen (secondary N) is 2. The zero-order valence-corrected chi connectivity index (χ0v) is 12.5. The molecule has 2 N–H and O–H groups in total. The lowest BCUT2D eigenvalue weighted by Crippen LogP contribution is -2.35. The van der Waals surface area contributed by atoms with E-state index >= 15 is 0 Å². The number of nitro groups is 1. The van der Waals surface area contributed by atoms with E-state index in [4.69, 9.17) is 4.74 Å². The van der Waals surface area contributed by atoms with Gasteiger partial charge in [-0.25, -0.2) is 0 Å². The number of rotatable bonds is 8. The minimum absolute atomic E-state index is 0.0371. The summed E-state index contributed by atoms with van der Waals surface area (Å²) >= 11 is 0. The van der Waals surface area contributed by atoms with Crippen LogP contribution in [-0.4, -0.2) is 37.1 Å². The summed E-state index contributed by atoms with van der Waals surface area (Å²) in [5.41, 5.74) is 0.695. The zero-order chi connectivity index (χ0) is 15.8. The van der Waals surface area contributed by atoms with Gasteiger partial charge in [0.15, 0.2) is 0 Å². The normalized spacial score (nSPS) is 11.8. The number of anilines is 1. The molecule has 0 heterocycles. The van der Waals surface area contributed by atoms with E-state index in [0.717, 1.165) is 6.42 Å². The van der Waals surface area contributed by atoms with Crippen LogP contribution >= 0.6 is 0 Å². The lowest BCUT2D eigenvalue weighted by atomic mass is 10.1. The van der Waals surface area contributed by atoms with Gasteiger partial charge in [-0.1, -0.05) is 6.92 Å². The number of nitro benzene ring substituents is 1. The highest BCUT2D eigenvalue weighted by atomic mass is 16.6. The van der Waals surface area contributed by atoms with Crippen molar-refractivity contribution in [2.75, 3.05) is 25.6 Å². The molecule has 1 aromatic carbocycles. The number of carbonyl (C=O) groups excluding carboxylic acids is 1. The Hall–Kier alpha value is -2.15. The van der Waals surface area contributed by atoms with Crippen molar-refractivity contribution in [1.82, 2.24) is 5.32 Å². The summed E-state index contributed by atoms with van der Waals surface area (Å²) in [6, 6.07) is 4.16. The number of amides is 1. The van der Waals surface area contributed by atoms with Crippen molar-refractivity contribution in [2.45, 2.75) is 26.3 Å². The Labute approximate surface area is 123 Å². The molecule has 0 aliphatic rings. The fourth-order valence-corrected chi connectivity index (χ4v) is 1.84. The van der Waals surface area contributed by atoms with Gasteiger partial charge in [0.1, 0.15) is 5.69 Å². The minimum Gasteiger partial charge on any atom is -0.383 e. The molecule has 1 rings (SSSR count). The van der Waals surface area contributed by atoms with Crippen LogP contribution in [0.5, 0.6) is 0 Å². The van der Waals surface area contributed by atoms with Gasteiger partial charge in [0.05, 0.1) is 11.5 Å². The van der Waals surface area contributed by atoms with Crippen molar-refractivity contribution in [1.29, 1.82) is 0 Å². The SMILES string of the molecule is CCCNc1cc(C(=O)NC(C)COC)ccc1[N+](=O)[O-]. The van der Waals surface area contributed by atoms with E-state index in [-0.39, 0.29) is 17.6 Å². The molecule has 1 atom stereocenters.